The molecule has 1 unspecified atom stereocenters. The van der Waals surface area contributed by atoms with E-state index in [0.717, 1.165) is 17.5 Å². The summed E-state index contributed by atoms with van der Waals surface area (Å²) in [5.74, 6) is 1.50. The van der Waals surface area contributed by atoms with Gasteiger partial charge in [0, 0.05) is 33.2 Å². The molecule has 0 aliphatic carbocycles. The summed E-state index contributed by atoms with van der Waals surface area (Å²) >= 11 is 0. The quantitative estimate of drug-likeness (QED) is 0.104. The Labute approximate surface area is 277 Å². The van der Waals surface area contributed by atoms with Gasteiger partial charge in [-0.1, -0.05) is 50.2 Å². The van der Waals surface area contributed by atoms with Crippen molar-refractivity contribution < 1.29 is 28.8 Å². The summed E-state index contributed by atoms with van der Waals surface area (Å²) < 4.78 is 22.1. The highest BCUT2D eigenvalue weighted by atomic mass is 16.6. The number of amides is 1. The van der Waals surface area contributed by atoms with Gasteiger partial charge in [-0.05, 0) is 68.7 Å². The van der Waals surface area contributed by atoms with Gasteiger partial charge in [-0.3, -0.25) is 9.59 Å². The van der Waals surface area contributed by atoms with Gasteiger partial charge in [0.05, 0.1) is 25.9 Å². The van der Waals surface area contributed by atoms with E-state index in [2.05, 4.69) is 29.8 Å². The Hall–Kier alpha value is -4.09. The van der Waals surface area contributed by atoms with Crippen molar-refractivity contribution in [2.45, 2.75) is 78.2 Å². The van der Waals surface area contributed by atoms with Gasteiger partial charge in [0.25, 0.3) is 10.9 Å². The SMILES string of the molecule is COCCCOc1cc(C[C@@H](C[C@H](NC(=O)OC(C)(C)C)C(O)CNc2c(NCc3ccccc3)c(=O)c2=O)C(C)C)ccc1OC. The van der Waals surface area contributed by atoms with E-state index in [0.29, 0.717) is 44.1 Å². The molecule has 0 aliphatic rings. The molecule has 3 rings (SSSR count). The molecule has 0 radical (unpaired) electrons. The van der Waals surface area contributed by atoms with Crippen LogP contribution in [0, 0.1) is 11.8 Å². The van der Waals surface area contributed by atoms with Crippen LogP contribution in [-0.2, 0) is 22.4 Å². The highest BCUT2D eigenvalue weighted by Crippen LogP contribution is 2.31. The number of alkyl carbamates (subject to hydrolysis) is 1. The van der Waals surface area contributed by atoms with Crippen LogP contribution in [0.5, 0.6) is 11.5 Å². The number of rotatable bonds is 19. The van der Waals surface area contributed by atoms with E-state index < -0.39 is 34.7 Å². The molecule has 1 amide bonds. The number of carbonyl (C=O) groups excluding carboxylic acids is 1. The number of carbonyl (C=O) groups is 1. The summed E-state index contributed by atoms with van der Waals surface area (Å²) in [6.45, 7) is 10.9. The molecule has 0 saturated carbocycles. The predicted octanol–water partition coefficient (Wildman–Crippen LogP) is 4.89. The van der Waals surface area contributed by atoms with Crippen molar-refractivity contribution in [1.29, 1.82) is 0 Å². The first-order chi connectivity index (χ1) is 22.3. The normalized spacial score (nSPS) is 13.6. The Bertz CT molecular complexity index is 1480. The van der Waals surface area contributed by atoms with Gasteiger partial charge in [-0.15, -0.1) is 0 Å². The molecular weight excluding hydrogens is 602 g/mol. The summed E-state index contributed by atoms with van der Waals surface area (Å²) in [6, 6.07) is 14.6. The van der Waals surface area contributed by atoms with Gasteiger partial charge in [-0.2, -0.15) is 0 Å². The predicted molar refractivity (Wildman–Crippen MR) is 184 cm³/mol. The van der Waals surface area contributed by atoms with Gasteiger partial charge in [0.15, 0.2) is 11.5 Å². The number of methoxy groups -OCH3 is 2. The van der Waals surface area contributed by atoms with Crippen molar-refractivity contribution in [3.8, 4) is 11.5 Å². The highest BCUT2D eigenvalue weighted by Gasteiger charge is 2.30. The van der Waals surface area contributed by atoms with Gasteiger partial charge in [0.2, 0.25) is 0 Å². The van der Waals surface area contributed by atoms with Gasteiger partial charge >= 0.3 is 6.09 Å². The van der Waals surface area contributed by atoms with Crippen molar-refractivity contribution in [2.24, 2.45) is 11.8 Å². The lowest BCUT2D eigenvalue weighted by Gasteiger charge is -2.31. The lowest BCUT2D eigenvalue weighted by molar-refractivity contribution is 0.0404. The molecule has 11 nitrogen and oxygen atoms in total. The van der Waals surface area contributed by atoms with E-state index in [1.165, 1.54) is 0 Å². The van der Waals surface area contributed by atoms with Crippen LogP contribution < -0.4 is 36.3 Å². The maximum absolute atomic E-state index is 12.9. The molecule has 0 aromatic heterocycles. The standard InChI is InChI=1S/C36H51N3O8/c1-23(2)26(18-25-14-15-29(45-7)30(19-25)46-17-11-16-44-6)20-27(39-35(43)47-36(3,4)5)28(40)22-38-32-31(33(41)34(32)42)37-21-24-12-9-8-10-13-24/h8-10,12-15,19,23,26-28,37-38,40H,11,16-18,20-22H2,1-7H3,(H,39,43)/t26-,27-,28?/m0/s1. The van der Waals surface area contributed by atoms with Gasteiger partial charge < -0.3 is 40.0 Å². The molecule has 0 saturated heterocycles. The molecule has 0 heterocycles. The molecule has 11 heteroatoms. The smallest absolute Gasteiger partial charge is 0.407 e. The molecule has 4 N–H and O–H groups in total. The first-order valence-electron chi connectivity index (χ1n) is 16.1. The van der Waals surface area contributed by atoms with Crippen LogP contribution in [0.25, 0.3) is 0 Å². The number of aliphatic hydroxyl groups is 1. The van der Waals surface area contributed by atoms with Crippen LogP contribution in [0.15, 0.2) is 58.1 Å². The average Bonchev–Trinajstić information content (AvgIpc) is 3.02. The minimum atomic E-state index is -1.11. The Morgan fingerprint density at radius 3 is 2.19 bits per heavy atom. The second-order valence-electron chi connectivity index (χ2n) is 13.1. The average molecular weight is 654 g/mol. The summed E-state index contributed by atoms with van der Waals surface area (Å²) in [5, 5.41) is 20.2. The van der Waals surface area contributed by atoms with E-state index in [4.69, 9.17) is 18.9 Å². The van der Waals surface area contributed by atoms with E-state index in [9.17, 15) is 19.5 Å². The second-order valence-corrected chi connectivity index (χ2v) is 13.1. The molecule has 3 aromatic rings. The number of anilines is 2. The number of aliphatic hydroxyl groups excluding tert-OH is 1. The van der Waals surface area contributed by atoms with Crippen LogP contribution >= 0.6 is 0 Å². The zero-order valence-corrected chi connectivity index (χ0v) is 28.7. The fraction of sp³-hybridized carbons (Fsp3) is 0.528. The number of ether oxygens (including phenoxy) is 4. The van der Waals surface area contributed by atoms with Crippen LogP contribution in [0.4, 0.5) is 16.2 Å². The Balaban J connectivity index is 1.76. The summed E-state index contributed by atoms with van der Waals surface area (Å²) in [5.41, 5.74) is 0.287. The van der Waals surface area contributed by atoms with Crippen LogP contribution in [0.1, 0.15) is 58.6 Å². The van der Waals surface area contributed by atoms with Gasteiger partial charge in [0.1, 0.15) is 17.0 Å². The van der Waals surface area contributed by atoms with Crippen LogP contribution in [0.3, 0.4) is 0 Å². The first-order valence-corrected chi connectivity index (χ1v) is 16.1. The third kappa shape index (κ3) is 11.6. The molecule has 3 aromatic carbocycles. The van der Waals surface area contributed by atoms with E-state index in [-0.39, 0.29) is 29.8 Å². The zero-order chi connectivity index (χ0) is 34.6. The molecule has 47 heavy (non-hydrogen) atoms. The van der Waals surface area contributed by atoms with E-state index in [1.54, 1.807) is 35.0 Å². The van der Waals surface area contributed by atoms with Crippen molar-refractivity contribution in [2.75, 3.05) is 44.6 Å². The number of nitrogens with one attached hydrogen (secondary N) is 3. The fourth-order valence-corrected chi connectivity index (χ4v) is 5.20. The third-order valence-electron chi connectivity index (χ3n) is 7.85. The lowest BCUT2D eigenvalue weighted by Crippen LogP contribution is -2.49. The highest BCUT2D eigenvalue weighted by molar-refractivity contribution is 5.74. The number of hydrogen-bond acceptors (Lipinski definition) is 10. The number of benzene rings is 2. The zero-order valence-electron chi connectivity index (χ0n) is 28.7. The molecule has 0 bridgehead atoms. The Morgan fingerprint density at radius 1 is 0.894 bits per heavy atom. The van der Waals surface area contributed by atoms with Crippen molar-refractivity contribution >= 4 is 17.5 Å². The minimum absolute atomic E-state index is 0.0357. The molecule has 0 aliphatic heterocycles. The van der Waals surface area contributed by atoms with Crippen LogP contribution in [0.2, 0.25) is 0 Å². The Kier molecular flexibility index (Phi) is 14.1. The molecule has 258 valence electrons. The lowest BCUT2D eigenvalue weighted by atomic mass is 9.83. The van der Waals surface area contributed by atoms with E-state index >= 15 is 0 Å². The topological polar surface area (TPSA) is 144 Å². The monoisotopic (exact) mass is 653 g/mol. The maximum Gasteiger partial charge on any atom is 0.407 e. The second kappa shape index (κ2) is 17.7. The molecule has 0 fully saturated rings. The van der Waals surface area contributed by atoms with Crippen molar-refractivity contribution in [3.05, 3.63) is 80.1 Å². The van der Waals surface area contributed by atoms with Crippen molar-refractivity contribution in [1.82, 2.24) is 5.32 Å². The summed E-state index contributed by atoms with van der Waals surface area (Å²) in [4.78, 5) is 37.7. The molecular formula is C36H51N3O8. The largest absolute Gasteiger partial charge is 0.493 e. The first kappa shape index (κ1) is 37.4. The minimum Gasteiger partial charge on any atom is -0.493 e. The van der Waals surface area contributed by atoms with Gasteiger partial charge in [-0.25, -0.2) is 4.79 Å². The maximum atomic E-state index is 12.9. The van der Waals surface area contributed by atoms with Crippen LogP contribution in [-0.4, -0.2) is 62.9 Å². The summed E-state index contributed by atoms with van der Waals surface area (Å²) in [7, 11) is 3.25. The summed E-state index contributed by atoms with van der Waals surface area (Å²) in [6.07, 6.45) is 0.0455. The van der Waals surface area contributed by atoms with E-state index in [1.807, 2.05) is 48.5 Å². The Morgan fingerprint density at radius 2 is 1.57 bits per heavy atom. The number of hydrogen-bond donors (Lipinski definition) is 4. The molecule has 0 spiro atoms. The third-order valence-corrected chi connectivity index (χ3v) is 7.85. The molecule has 3 atom stereocenters. The fourth-order valence-electron chi connectivity index (χ4n) is 5.20. The van der Waals surface area contributed by atoms with Crippen molar-refractivity contribution in [3.63, 3.8) is 0 Å².